The number of hydrogen-bond acceptors (Lipinski definition) is 3. The Morgan fingerprint density at radius 1 is 1.43 bits per heavy atom. The molecule has 0 atom stereocenters. The van der Waals surface area contributed by atoms with E-state index in [-0.39, 0.29) is 0 Å². The van der Waals surface area contributed by atoms with E-state index in [0.717, 1.165) is 28.6 Å². The largest absolute Gasteiger partial charge is 0.362 e. The number of fused-ring (bicyclic) bond motifs is 1. The summed E-state index contributed by atoms with van der Waals surface area (Å²) in [5.74, 6) is 0.753. The molecule has 0 aromatic carbocycles. The van der Waals surface area contributed by atoms with Crippen molar-refractivity contribution in [2.75, 3.05) is 6.67 Å². The molecule has 0 unspecified atom stereocenters. The highest BCUT2D eigenvalue weighted by atomic mass is 35.5. The Morgan fingerprint density at radius 2 is 2.21 bits per heavy atom. The first-order chi connectivity index (χ1) is 6.72. The number of amidine groups is 1. The summed E-state index contributed by atoms with van der Waals surface area (Å²) >= 11 is 12.3. The summed E-state index contributed by atoms with van der Waals surface area (Å²) in [5.41, 5.74) is 2.00. The van der Waals surface area contributed by atoms with Gasteiger partial charge in [-0.3, -0.25) is 0 Å². The van der Waals surface area contributed by atoms with Gasteiger partial charge in [-0.1, -0.05) is 30.1 Å². The zero-order valence-corrected chi connectivity index (χ0v) is 9.34. The third-order valence-electron chi connectivity index (χ3n) is 2.33. The van der Waals surface area contributed by atoms with Crippen LogP contribution in [0, 0.1) is 0 Å². The fourth-order valence-corrected chi connectivity index (χ4v) is 2.12. The van der Waals surface area contributed by atoms with Crippen molar-refractivity contribution in [2.24, 2.45) is 4.99 Å². The van der Waals surface area contributed by atoms with E-state index in [1.54, 1.807) is 0 Å². The second-order valence-electron chi connectivity index (χ2n) is 3.19. The van der Waals surface area contributed by atoms with Crippen molar-refractivity contribution in [2.45, 2.75) is 19.8 Å². The zero-order chi connectivity index (χ0) is 10.1. The lowest BCUT2D eigenvalue weighted by Gasteiger charge is -2.05. The van der Waals surface area contributed by atoms with E-state index in [0.29, 0.717) is 18.2 Å². The van der Waals surface area contributed by atoms with Crippen LogP contribution >= 0.6 is 23.2 Å². The maximum Gasteiger partial charge on any atom is 0.152 e. The Morgan fingerprint density at radius 3 is 2.93 bits per heavy atom. The van der Waals surface area contributed by atoms with E-state index in [1.807, 2.05) is 0 Å². The van der Waals surface area contributed by atoms with Crippen LogP contribution < -0.4 is 10.6 Å². The SMILES string of the molecule is CCC1=C(Cl)NC2=NCNC2=C(Cl)C1. The van der Waals surface area contributed by atoms with Crippen molar-refractivity contribution in [3.8, 4) is 0 Å². The quantitative estimate of drug-likeness (QED) is 0.680. The van der Waals surface area contributed by atoms with E-state index in [9.17, 15) is 0 Å². The monoisotopic (exact) mass is 231 g/mol. The van der Waals surface area contributed by atoms with E-state index in [4.69, 9.17) is 23.2 Å². The second kappa shape index (κ2) is 3.83. The normalized spacial score (nSPS) is 21.2. The fraction of sp³-hybridized carbons (Fsp3) is 0.444. The molecule has 0 spiro atoms. The molecule has 3 nitrogen and oxygen atoms in total. The summed E-state index contributed by atoms with van der Waals surface area (Å²) in [6.45, 7) is 2.63. The minimum absolute atomic E-state index is 0.569. The van der Waals surface area contributed by atoms with E-state index in [1.165, 1.54) is 0 Å². The maximum absolute atomic E-state index is 6.16. The molecule has 2 N–H and O–H groups in total. The van der Waals surface area contributed by atoms with Crippen LogP contribution in [0.3, 0.4) is 0 Å². The Hall–Kier alpha value is -0.670. The smallest absolute Gasteiger partial charge is 0.152 e. The Bertz CT molecular complexity index is 355. The first kappa shape index (κ1) is 9.87. The van der Waals surface area contributed by atoms with Gasteiger partial charge >= 0.3 is 0 Å². The molecule has 2 aliphatic rings. The third kappa shape index (κ3) is 1.62. The fourth-order valence-electron chi connectivity index (χ4n) is 1.51. The lowest BCUT2D eigenvalue weighted by Crippen LogP contribution is -2.23. The van der Waals surface area contributed by atoms with Gasteiger partial charge in [0.25, 0.3) is 0 Å². The van der Waals surface area contributed by atoms with Gasteiger partial charge in [0.05, 0.1) is 5.70 Å². The summed E-state index contributed by atoms with van der Waals surface area (Å²) in [6.07, 6.45) is 1.59. The van der Waals surface area contributed by atoms with Gasteiger partial charge in [-0.2, -0.15) is 0 Å². The number of nitrogens with one attached hydrogen (secondary N) is 2. The van der Waals surface area contributed by atoms with Crippen LogP contribution in [0.1, 0.15) is 19.8 Å². The van der Waals surface area contributed by atoms with Gasteiger partial charge in [0.15, 0.2) is 5.84 Å². The summed E-state index contributed by atoms with van der Waals surface area (Å²) in [7, 11) is 0. The number of halogens is 2. The minimum atomic E-state index is 0.569. The molecule has 0 amide bonds. The molecule has 0 saturated heterocycles. The molecule has 0 aromatic rings. The van der Waals surface area contributed by atoms with Gasteiger partial charge in [-0.05, 0) is 12.0 Å². The first-order valence-corrected chi connectivity index (χ1v) is 5.30. The lowest BCUT2D eigenvalue weighted by atomic mass is 10.1. The van der Waals surface area contributed by atoms with Crippen LogP contribution in [-0.2, 0) is 0 Å². The van der Waals surface area contributed by atoms with Crippen LogP contribution in [0.25, 0.3) is 0 Å². The van der Waals surface area contributed by atoms with Crippen molar-refractivity contribution in [3.63, 3.8) is 0 Å². The van der Waals surface area contributed by atoms with E-state index >= 15 is 0 Å². The molecule has 14 heavy (non-hydrogen) atoms. The summed E-state index contributed by atoms with van der Waals surface area (Å²) < 4.78 is 0. The van der Waals surface area contributed by atoms with E-state index < -0.39 is 0 Å². The van der Waals surface area contributed by atoms with Crippen molar-refractivity contribution < 1.29 is 0 Å². The molecular weight excluding hydrogens is 221 g/mol. The Labute approximate surface area is 92.9 Å². The van der Waals surface area contributed by atoms with Crippen LogP contribution in [0.4, 0.5) is 0 Å². The van der Waals surface area contributed by atoms with Gasteiger partial charge in [0.1, 0.15) is 11.8 Å². The molecule has 2 aliphatic heterocycles. The van der Waals surface area contributed by atoms with Gasteiger partial charge in [-0.15, -0.1) is 0 Å². The van der Waals surface area contributed by atoms with Crippen molar-refractivity contribution in [3.05, 3.63) is 21.5 Å². The first-order valence-electron chi connectivity index (χ1n) is 4.54. The summed E-state index contributed by atoms with van der Waals surface area (Å²) in [5, 5.41) is 7.61. The van der Waals surface area contributed by atoms with Gasteiger partial charge in [0.2, 0.25) is 0 Å². The van der Waals surface area contributed by atoms with Crippen molar-refractivity contribution >= 4 is 29.0 Å². The number of allylic oxidation sites excluding steroid dienone is 2. The zero-order valence-electron chi connectivity index (χ0n) is 7.82. The summed E-state index contributed by atoms with van der Waals surface area (Å²) in [4.78, 5) is 4.22. The van der Waals surface area contributed by atoms with Crippen LogP contribution in [0.2, 0.25) is 0 Å². The average molecular weight is 232 g/mol. The molecule has 0 radical (unpaired) electrons. The molecule has 76 valence electrons. The molecule has 0 saturated carbocycles. The van der Waals surface area contributed by atoms with Crippen LogP contribution in [-0.4, -0.2) is 12.5 Å². The van der Waals surface area contributed by atoms with Gasteiger partial charge < -0.3 is 10.6 Å². The molecule has 0 aromatic heterocycles. The van der Waals surface area contributed by atoms with Crippen molar-refractivity contribution in [1.82, 2.24) is 10.6 Å². The highest BCUT2D eigenvalue weighted by Gasteiger charge is 2.22. The highest BCUT2D eigenvalue weighted by molar-refractivity contribution is 6.35. The minimum Gasteiger partial charge on any atom is -0.362 e. The Kier molecular flexibility index (Phi) is 2.70. The Balaban J connectivity index is 2.38. The molecule has 0 bridgehead atoms. The van der Waals surface area contributed by atoms with Gasteiger partial charge in [0, 0.05) is 11.5 Å². The van der Waals surface area contributed by atoms with E-state index in [2.05, 4.69) is 22.5 Å². The number of nitrogens with zero attached hydrogens (tertiary/aromatic N) is 1. The van der Waals surface area contributed by atoms with Crippen LogP contribution in [0.5, 0.6) is 0 Å². The average Bonchev–Trinajstić information content (AvgIpc) is 2.57. The number of hydrogen-bond donors (Lipinski definition) is 2. The second-order valence-corrected chi connectivity index (χ2v) is 4.03. The van der Waals surface area contributed by atoms with Crippen molar-refractivity contribution in [1.29, 1.82) is 0 Å². The molecule has 5 heteroatoms. The predicted molar refractivity (Wildman–Crippen MR) is 59.2 cm³/mol. The molecule has 2 rings (SSSR count). The van der Waals surface area contributed by atoms with Gasteiger partial charge in [-0.25, -0.2) is 4.99 Å². The molecule has 0 fully saturated rings. The number of aliphatic imine (C=N–C) groups is 1. The molecule has 0 aliphatic carbocycles. The maximum atomic E-state index is 6.16. The predicted octanol–water partition coefficient (Wildman–Crippen LogP) is 2.25. The lowest BCUT2D eigenvalue weighted by molar-refractivity contribution is 0.894. The molecular formula is C9H11Cl2N3. The molecule has 2 heterocycles. The standard InChI is InChI=1S/C9H11Cl2N3/c1-2-5-3-6(10)7-9(13-4-12-7)14-8(5)11/h12H,2-4H2,1H3,(H,13,14). The third-order valence-corrected chi connectivity index (χ3v) is 3.02. The topological polar surface area (TPSA) is 36.4 Å². The van der Waals surface area contributed by atoms with Crippen LogP contribution in [0.15, 0.2) is 26.5 Å². The summed E-state index contributed by atoms with van der Waals surface area (Å²) in [6, 6.07) is 0. The number of rotatable bonds is 1. The highest BCUT2D eigenvalue weighted by Crippen LogP contribution is 2.28.